The van der Waals surface area contributed by atoms with Gasteiger partial charge in [0.15, 0.2) is 6.29 Å². The molecule has 0 unspecified atom stereocenters. The van der Waals surface area contributed by atoms with Crippen molar-refractivity contribution in [3.05, 3.63) is 41.5 Å². The highest BCUT2D eigenvalue weighted by atomic mass is 16.5. The van der Waals surface area contributed by atoms with E-state index in [1.165, 1.54) is 6.07 Å². The van der Waals surface area contributed by atoms with Crippen LogP contribution < -0.4 is 0 Å². The first kappa shape index (κ1) is 15.0. The Balaban J connectivity index is 2.25. The maximum atomic E-state index is 12.0. The molecule has 2 aromatic rings. The largest absolute Gasteiger partial charge is 0.507 e. The summed E-state index contributed by atoms with van der Waals surface area (Å²) in [7, 11) is 0. The molecule has 2 aromatic carbocycles. The Bertz CT molecular complexity index is 674. The van der Waals surface area contributed by atoms with Gasteiger partial charge in [0, 0.05) is 0 Å². The second-order valence-electron chi connectivity index (χ2n) is 5.37. The molecule has 1 N–H and O–H groups in total. The molecule has 21 heavy (non-hydrogen) atoms. The van der Waals surface area contributed by atoms with Crippen molar-refractivity contribution in [2.75, 3.05) is 6.61 Å². The van der Waals surface area contributed by atoms with E-state index in [0.717, 1.165) is 6.42 Å². The number of rotatable bonds is 5. The molecule has 0 radical (unpaired) electrons. The molecule has 2 rings (SSSR count). The zero-order chi connectivity index (χ0) is 15.4. The summed E-state index contributed by atoms with van der Waals surface area (Å²) in [6.07, 6.45) is 1.43. The molecule has 0 bridgehead atoms. The lowest BCUT2D eigenvalue weighted by atomic mass is 10.0. The Kier molecular flexibility index (Phi) is 4.58. The van der Waals surface area contributed by atoms with Crippen molar-refractivity contribution < 1.29 is 19.4 Å². The van der Waals surface area contributed by atoms with E-state index >= 15 is 0 Å². The van der Waals surface area contributed by atoms with Crippen LogP contribution in [0.15, 0.2) is 30.3 Å². The van der Waals surface area contributed by atoms with Gasteiger partial charge in [-0.05, 0) is 41.3 Å². The number of hydrogen-bond acceptors (Lipinski definition) is 4. The van der Waals surface area contributed by atoms with Crippen molar-refractivity contribution in [1.29, 1.82) is 0 Å². The summed E-state index contributed by atoms with van der Waals surface area (Å²) in [6, 6.07) is 8.03. The van der Waals surface area contributed by atoms with Crippen LogP contribution in [0.2, 0.25) is 0 Å². The molecule has 0 atom stereocenters. The summed E-state index contributed by atoms with van der Waals surface area (Å²) in [4.78, 5) is 23.0. The number of aldehydes is 1. The number of esters is 1. The summed E-state index contributed by atoms with van der Waals surface area (Å²) in [6.45, 7) is 4.53. The van der Waals surface area contributed by atoms with Crippen LogP contribution in [0.3, 0.4) is 0 Å². The average Bonchev–Trinajstić information content (AvgIpc) is 2.46. The van der Waals surface area contributed by atoms with E-state index in [-0.39, 0.29) is 17.3 Å². The van der Waals surface area contributed by atoms with Gasteiger partial charge in [-0.3, -0.25) is 4.79 Å². The zero-order valence-corrected chi connectivity index (χ0v) is 12.1. The molecule has 0 amide bonds. The molecule has 0 spiro atoms. The Labute approximate surface area is 123 Å². The van der Waals surface area contributed by atoms with Gasteiger partial charge in [0.1, 0.15) is 5.75 Å². The fraction of sp³-hybridized carbons (Fsp3) is 0.294. The Morgan fingerprint density at radius 2 is 2.05 bits per heavy atom. The standard InChI is InChI=1S/C17H18O4/c1-11(2)7-8-21-17(20)13-3-5-14-12(9-13)4-6-16(19)15(14)10-18/h3-6,9-11,19H,7-8H2,1-2H3. The first-order valence-corrected chi connectivity index (χ1v) is 6.91. The van der Waals surface area contributed by atoms with Gasteiger partial charge in [0.25, 0.3) is 0 Å². The minimum Gasteiger partial charge on any atom is -0.507 e. The molecule has 0 heterocycles. The maximum Gasteiger partial charge on any atom is 0.338 e. The molecular weight excluding hydrogens is 268 g/mol. The van der Waals surface area contributed by atoms with Gasteiger partial charge in [-0.25, -0.2) is 4.79 Å². The summed E-state index contributed by atoms with van der Waals surface area (Å²) < 4.78 is 5.21. The number of fused-ring (bicyclic) bond motifs is 1. The van der Waals surface area contributed by atoms with Crippen LogP contribution in [0.25, 0.3) is 10.8 Å². The van der Waals surface area contributed by atoms with Crippen LogP contribution in [0.5, 0.6) is 5.75 Å². The third kappa shape index (κ3) is 3.40. The molecule has 0 aliphatic heterocycles. The topological polar surface area (TPSA) is 63.6 Å². The van der Waals surface area contributed by atoms with E-state index in [9.17, 15) is 14.7 Å². The van der Waals surface area contributed by atoms with E-state index in [1.807, 2.05) is 0 Å². The highest BCUT2D eigenvalue weighted by Crippen LogP contribution is 2.26. The Hall–Kier alpha value is -2.36. The van der Waals surface area contributed by atoms with Crippen molar-refractivity contribution in [1.82, 2.24) is 0 Å². The molecule has 110 valence electrons. The fourth-order valence-corrected chi connectivity index (χ4v) is 2.06. The number of phenolic OH excluding ortho intramolecular Hbond substituents is 1. The third-order valence-corrected chi connectivity index (χ3v) is 3.32. The van der Waals surface area contributed by atoms with Crippen LogP contribution in [0, 0.1) is 5.92 Å². The number of ether oxygens (including phenoxy) is 1. The molecule has 0 saturated heterocycles. The predicted octanol–water partition coefficient (Wildman–Crippen LogP) is 3.56. The average molecular weight is 286 g/mol. The maximum absolute atomic E-state index is 12.0. The molecule has 0 aliphatic carbocycles. The van der Waals surface area contributed by atoms with Crippen molar-refractivity contribution in [2.24, 2.45) is 5.92 Å². The van der Waals surface area contributed by atoms with Crippen LogP contribution in [-0.4, -0.2) is 24.0 Å². The van der Waals surface area contributed by atoms with Crippen molar-refractivity contribution in [3.8, 4) is 5.75 Å². The van der Waals surface area contributed by atoms with E-state index in [1.54, 1.807) is 24.3 Å². The van der Waals surface area contributed by atoms with Crippen LogP contribution >= 0.6 is 0 Å². The predicted molar refractivity (Wildman–Crippen MR) is 80.7 cm³/mol. The molecule has 0 saturated carbocycles. The lowest BCUT2D eigenvalue weighted by Gasteiger charge is -2.08. The first-order valence-electron chi connectivity index (χ1n) is 6.91. The second kappa shape index (κ2) is 6.39. The summed E-state index contributed by atoms with van der Waals surface area (Å²) in [5, 5.41) is 11.0. The van der Waals surface area contributed by atoms with Gasteiger partial charge in [-0.1, -0.05) is 26.0 Å². The zero-order valence-electron chi connectivity index (χ0n) is 12.1. The molecule has 4 nitrogen and oxygen atoms in total. The van der Waals surface area contributed by atoms with Crippen LogP contribution in [-0.2, 0) is 4.74 Å². The fourth-order valence-electron chi connectivity index (χ4n) is 2.06. The van der Waals surface area contributed by atoms with Gasteiger partial charge < -0.3 is 9.84 Å². The number of aromatic hydroxyl groups is 1. The van der Waals surface area contributed by atoms with Gasteiger partial charge in [0.05, 0.1) is 17.7 Å². The molecule has 0 fully saturated rings. The van der Waals surface area contributed by atoms with Crippen LogP contribution in [0.1, 0.15) is 41.0 Å². The monoisotopic (exact) mass is 286 g/mol. The minimum absolute atomic E-state index is 0.0650. The highest BCUT2D eigenvalue weighted by molar-refractivity contribution is 6.03. The van der Waals surface area contributed by atoms with Gasteiger partial charge in [-0.15, -0.1) is 0 Å². The van der Waals surface area contributed by atoms with E-state index in [2.05, 4.69) is 13.8 Å². The van der Waals surface area contributed by atoms with Crippen molar-refractivity contribution >= 4 is 23.0 Å². The number of benzene rings is 2. The smallest absolute Gasteiger partial charge is 0.338 e. The van der Waals surface area contributed by atoms with Crippen molar-refractivity contribution in [3.63, 3.8) is 0 Å². The second-order valence-corrected chi connectivity index (χ2v) is 5.37. The summed E-state index contributed by atoms with van der Waals surface area (Å²) in [5.74, 6) is 0.0376. The van der Waals surface area contributed by atoms with Crippen LogP contribution in [0.4, 0.5) is 0 Å². The molecule has 0 aromatic heterocycles. The summed E-state index contributed by atoms with van der Waals surface area (Å²) in [5.41, 5.74) is 0.668. The molecular formula is C17H18O4. The van der Waals surface area contributed by atoms with E-state index < -0.39 is 0 Å². The van der Waals surface area contributed by atoms with E-state index in [0.29, 0.717) is 35.1 Å². The Morgan fingerprint density at radius 3 is 2.71 bits per heavy atom. The number of carbonyl (C=O) groups is 2. The quantitative estimate of drug-likeness (QED) is 0.674. The lowest BCUT2D eigenvalue weighted by molar-refractivity contribution is 0.0488. The number of hydrogen-bond donors (Lipinski definition) is 1. The lowest BCUT2D eigenvalue weighted by Crippen LogP contribution is -2.08. The van der Waals surface area contributed by atoms with Gasteiger partial charge in [-0.2, -0.15) is 0 Å². The molecule has 4 heteroatoms. The normalized spacial score (nSPS) is 10.8. The highest BCUT2D eigenvalue weighted by Gasteiger charge is 2.11. The van der Waals surface area contributed by atoms with Gasteiger partial charge >= 0.3 is 5.97 Å². The first-order chi connectivity index (χ1) is 10.0. The number of carbonyl (C=O) groups excluding carboxylic acids is 2. The minimum atomic E-state index is -0.377. The summed E-state index contributed by atoms with van der Waals surface area (Å²) >= 11 is 0. The Morgan fingerprint density at radius 1 is 1.29 bits per heavy atom. The number of phenols is 1. The van der Waals surface area contributed by atoms with Gasteiger partial charge in [0.2, 0.25) is 0 Å². The molecule has 0 aliphatic rings. The SMILES string of the molecule is CC(C)CCOC(=O)c1ccc2c(C=O)c(O)ccc2c1. The van der Waals surface area contributed by atoms with Crippen molar-refractivity contribution in [2.45, 2.75) is 20.3 Å². The van der Waals surface area contributed by atoms with E-state index in [4.69, 9.17) is 4.74 Å². The third-order valence-electron chi connectivity index (χ3n) is 3.32.